The van der Waals surface area contributed by atoms with Crippen LogP contribution in [0.3, 0.4) is 0 Å². The van der Waals surface area contributed by atoms with Gasteiger partial charge in [0.05, 0.1) is 24.4 Å². The number of para-hydroxylation sites is 1. The molecule has 2 heterocycles. The molecule has 0 atom stereocenters. The molecule has 1 aliphatic rings. The van der Waals surface area contributed by atoms with Crippen LogP contribution < -0.4 is 4.90 Å². The Morgan fingerprint density at radius 1 is 0.864 bits per heavy atom. The Balaban J connectivity index is 1.89. The zero-order valence-electron chi connectivity index (χ0n) is 12.4. The molecular weight excluding hydrogens is 272 g/mol. The molecule has 3 nitrogen and oxygen atoms in total. The lowest BCUT2D eigenvalue weighted by molar-refractivity contribution is 0.123. The van der Waals surface area contributed by atoms with Gasteiger partial charge in [-0.25, -0.2) is 4.98 Å². The molecule has 0 amide bonds. The minimum absolute atomic E-state index is 0.789. The van der Waals surface area contributed by atoms with Crippen molar-refractivity contribution in [3.05, 3.63) is 60.7 Å². The fourth-order valence-electron chi connectivity index (χ4n) is 2.98. The van der Waals surface area contributed by atoms with Crippen LogP contribution in [-0.2, 0) is 4.74 Å². The Bertz CT molecular complexity index is 780. The van der Waals surface area contributed by atoms with Gasteiger partial charge in [0.2, 0.25) is 0 Å². The van der Waals surface area contributed by atoms with Crippen molar-refractivity contribution in [1.29, 1.82) is 0 Å². The predicted octanol–water partition coefficient (Wildman–Crippen LogP) is 3.74. The standard InChI is InChI=1S/C19H18N2O/c1-2-6-15(7-3-1)18-14-19(21-10-12-22-13-11-21)16-8-4-5-9-17(16)20-18/h1-9,14H,10-13H2. The molecule has 22 heavy (non-hydrogen) atoms. The molecule has 0 saturated carbocycles. The SMILES string of the molecule is c1ccc(-c2cc(N3CCOCC3)c3ccccc3n2)cc1. The molecule has 2 aromatic carbocycles. The largest absolute Gasteiger partial charge is 0.378 e. The number of ether oxygens (including phenoxy) is 1. The number of morpholine rings is 1. The Morgan fingerprint density at radius 3 is 2.41 bits per heavy atom. The van der Waals surface area contributed by atoms with Crippen molar-refractivity contribution in [3.63, 3.8) is 0 Å². The second-order valence-electron chi connectivity index (χ2n) is 5.51. The first kappa shape index (κ1) is 13.3. The van der Waals surface area contributed by atoms with Gasteiger partial charge < -0.3 is 9.64 Å². The molecule has 0 N–H and O–H groups in total. The molecule has 0 radical (unpaired) electrons. The topological polar surface area (TPSA) is 25.4 Å². The number of rotatable bonds is 2. The summed E-state index contributed by atoms with van der Waals surface area (Å²) in [6.45, 7) is 3.44. The van der Waals surface area contributed by atoms with Gasteiger partial charge in [-0.3, -0.25) is 0 Å². The number of nitrogens with zero attached hydrogens (tertiary/aromatic N) is 2. The minimum atomic E-state index is 0.789. The zero-order valence-corrected chi connectivity index (χ0v) is 12.4. The lowest BCUT2D eigenvalue weighted by Crippen LogP contribution is -2.36. The average molecular weight is 290 g/mol. The van der Waals surface area contributed by atoms with E-state index in [1.807, 2.05) is 12.1 Å². The van der Waals surface area contributed by atoms with Crippen molar-refractivity contribution >= 4 is 16.6 Å². The highest BCUT2D eigenvalue weighted by Crippen LogP contribution is 2.31. The molecule has 0 aliphatic carbocycles. The third kappa shape index (κ3) is 2.44. The number of hydrogen-bond donors (Lipinski definition) is 0. The number of anilines is 1. The van der Waals surface area contributed by atoms with E-state index in [4.69, 9.17) is 9.72 Å². The van der Waals surface area contributed by atoms with Crippen LogP contribution in [0.4, 0.5) is 5.69 Å². The molecule has 1 aromatic heterocycles. The van der Waals surface area contributed by atoms with Gasteiger partial charge in [0.1, 0.15) is 0 Å². The van der Waals surface area contributed by atoms with E-state index in [1.54, 1.807) is 0 Å². The highest BCUT2D eigenvalue weighted by Gasteiger charge is 2.16. The lowest BCUT2D eigenvalue weighted by atomic mass is 10.1. The lowest BCUT2D eigenvalue weighted by Gasteiger charge is -2.30. The van der Waals surface area contributed by atoms with Crippen LogP contribution >= 0.6 is 0 Å². The molecule has 1 aliphatic heterocycles. The number of fused-ring (bicyclic) bond motifs is 1. The smallest absolute Gasteiger partial charge is 0.0730 e. The maximum Gasteiger partial charge on any atom is 0.0730 e. The summed E-state index contributed by atoms with van der Waals surface area (Å²) in [6, 6.07) is 21.0. The summed E-state index contributed by atoms with van der Waals surface area (Å²) >= 11 is 0. The van der Waals surface area contributed by atoms with Crippen LogP contribution in [-0.4, -0.2) is 31.3 Å². The van der Waals surface area contributed by atoms with Gasteiger partial charge in [-0.1, -0.05) is 48.5 Å². The third-order valence-electron chi connectivity index (χ3n) is 4.12. The van der Waals surface area contributed by atoms with Gasteiger partial charge in [-0.05, 0) is 12.1 Å². The number of aromatic nitrogens is 1. The first-order chi connectivity index (χ1) is 10.9. The van der Waals surface area contributed by atoms with Crippen molar-refractivity contribution in [2.24, 2.45) is 0 Å². The molecule has 1 fully saturated rings. The quantitative estimate of drug-likeness (QED) is 0.719. The number of benzene rings is 2. The maximum absolute atomic E-state index is 5.49. The van der Waals surface area contributed by atoms with Crippen LogP contribution in [0.25, 0.3) is 22.2 Å². The third-order valence-corrected chi connectivity index (χ3v) is 4.12. The highest BCUT2D eigenvalue weighted by atomic mass is 16.5. The van der Waals surface area contributed by atoms with E-state index in [2.05, 4.69) is 53.4 Å². The molecule has 4 rings (SSSR count). The molecule has 0 bridgehead atoms. The second-order valence-corrected chi connectivity index (χ2v) is 5.51. The van der Waals surface area contributed by atoms with Crippen LogP contribution in [0, 0.1) is 0 Å². The molecule has 0 unspecified atom stereocenters. The van der Waals surface area contributed by atoms with Crippen LogP contribution in [0.15, 0.2) is 60.7 Å². The van der Waals surface area contributed by atoms with E-state index < -0.39 is 0 Å². The first-order valence-electron chi connectivity index (χ1n) is 7.70. The fraction of sp³-hybridized carbons (Fsp3) is 0.211. The highest BCUT2D eigenvalue weighted by molar-refractivity contribution is 5.94. The monoisotopic (exact) mass is 290 g/mol. The van der Waals surface area contributed by atoms with Crippen molar-refractivity contribution in [2.75, 3.05) is 31.2 Å². The zero-order chi connectivity index (χ0) is 14.8. The van der Waals surface area contributed by atoms with E-state index in [9.17, 15) is 0 Å². The minimum Gasteiger partial charge on any atom is -0.378 e. The summed E-state index contributed by atoms with van der Waals surface area (Å²) in [7, 11) is 0. The van der Waals surface area contributed by atoms with Crippen molar-refractivity contribution in [3.8, 4) is 11.3 Å². The summed E-state index contributed by atoms with van der Waals surface area (Å²) < 4.78 is 5.49. The molecule has 110 valence electrons. The molecule has 0 spiro atoms. The Morgan fingerprint density at radius 2 is 1.59 bits per heavy atom. The Hall–Kier alpha value is -2.39. The number of pyridine rings is 1. The van der Waals surface area contributed by atoms with E-state index in [-0.39, 0.29) is 0 Å². The maximum atomic E-state index is 5.49. The van der Waals surface area contributed by atoms with E-state index in [1.165, 1.54) is 11.1 Å². The van der Waals surface area contributed by atoms with Gasteiger partial charge in [-0.15, -0.1) is 0 Å². The van der Waals surface area contributed by atoms with Gasteiger partial charge in [0, 0.05) is 29.7 Å². The summed E-state index contributed by atoms with van der Waals surface area (Å²) in [5.74, 6) is 0. The molecule has 3 aromatic rings. The van der Waals surface area contributed by atoms with E-state index in [0.29, 0.717) is 0 Å². The van der Waals surface area contributed by atoms with Gasteiger partial charge in [0.15, 0.2) is 0 Å². The van der Waals surface area contributed by atoms with E-state index >= 15 is 0 Å². The molecular formula is C19H18N2O. The second kappa shape index (κ2) is 5.78. The van der Waals surface area contributed by atoms with Crippen molar-refractivity contribution < 1.29 is 4.74 Å². The predicted molar refractivity (Wildman–Crippen MR) is 90.2 cm³/mol. The van der Waals surface area contributed by atoms with Crippen LogP contribution in [0.1, 0.15) is 0 Å². The Kier molecular flexibility index (Phi) is 3.49. The Labute approximate surface area is 130 Å². The van der Waals surface area contributed by atoms with Gasteiger partial charge in [0.25, 0.3) is 0 Å². The molecule has 3 heteroatoms. The molecule has 1 saturated heterocycles. The van der Waals surface area contributed by atoms with Gasteiger partial charge >= 0.3 is 0 Å². The van der Waals surface area contributed by atoms with E-state index in [0.717, 1.165) is 43.1 Å². The van der Waals surface area contributed by atoms with Crippen molar-refractivity contribution in [1.82, 2.24) is 4.98 Å². The first-order valence-corrected chi connectivity index (χ1v) is 7.70. The number of hydrogen-bond acceptors (Lipinski definition) is 3. The van der Waals surface area contributed by atoms with Gasteiger partial charge in [-0.2, -0.15) is 0 Å². The van der Waals surface area contributed by atoms with Crippen LogP contribution in [0.5, 0.6) is 0 Å². The average Bonchev–Trinajstić information content (AvgIpc) is 2.62. The fourth-order valence-corrected chi connectivity index (χ4v) is 2.98. The normalized spacial score (nSPS) is 15.2. The summed E-state index contributed by atoms with van der Waals surface area (Å²) in [5.41, 5.74) is 4.49. The summed E-state index contributed by atoms with van der Waals surface area (Å²) in [6.07, 6.45) is 0. The summed E-state index contributed by atoms with van der Waals surface area (Å²) in [4.78, 5) is 7.25. The van der Waals surface area contributed by atoms with Crippen LogP contribution in [0.2, 0.25) is 0 Å². The summed E-state index contributed by atoms with van der Waals surface area (Å²) in [5, 5.41) is 1.21. The van der Waals surface area contributed by atoms with Crippen molar-refractivity contribution in [2.45, 2.75) is 0 Å².